The van der Waals surface area contributed by atoms with Gasteiger partial charge in [0.2, 0.25) is 0 Å². The Balaban J connectivity index is 3.26. The maximum Gasteiger partial charge on any atom is 0.164 e. The fourth-order valence-electron chi connectivity index (χ4n) is 1.14. The van der Waals surface area contributed by atoms with Gasteiger partial charge in [-0.05, 0) is 12.5 Å². The smallest absolute Gasteiger partial charge is 0.164 e. The van der Waals surface area contributed by atoms with Crippen LogP contribution in [0.5, 0.6) is 0 Å². The number of carbonyl (C=O) groups is 1. The summed E-state index contributed by atoms with van der Waals surface area (Å²) in [6, 6.07) is 1.45. The summed E-state index contributed by atoms with van der Waals surface area (Å²) in [6.07, 6.45) is 1.15. The van der Waals surface area contributed by atoms with Gasteiger partial charge < -0.3 is 0 Å². The minimum atomic E-state index is -0.0806. The van der Waals surface area contributed by atoms with Gasteiger partial charge in [0.25, 0.3) is 0 Å². The Morgan fingerprint density at radius 3 is 2.27 bits per heavy atom. The van der Waals surface area contributed by atoms with Gasteiger partial charge in [-0.25, -0.2) is 0 Å². The van der Waals surface area contributed by atoms with Gasteiger partial charge in [0, 0.05) is 12.0 Å². The Kier molecular flexibility index (Phi) is 4.72. The zero-order valence-electron chi connectivity index (χ0n) is 7.91. The summed E-state index contributed by atoms with van der Waals surface area (Å²) in [4.78, 5) is 11.6. The number of carbonyl (C=O) groups excluding carboxylic acids is 1. The lowest BCUT2D eigenvalue weighted by Crippen LogP contribution is -2.00. The minimum Gasteiger partial charge on any atom is -0.294 e. The van der Waals surface area contributed by atoms with E-state index in [0.717, 1.165) is 6.42 Å². The van der Waals surface area contributed by atoms with Crippen LogP contribution in [0.2, 0.25) is 20.1 Å². The van der Waals surface area contributed by atoms with E-state index in [1.165, 1.54) is 6.07 Å². The van der Waals surface area contributed by atoms with E-state index < -0.39 is 0 Å². The van der Waals surface area contributed by atoms with Crippen LogP contribution < -0.4 is 0 Å². The van der Waals surface area contributed by atoms with E-state index in [1.54, 1.807) is 0 Å². The van der Waals surface area contributed by atoms with Crippen molar-refractivity contribution in [3.63, 3.8) is 0 Å². The summed E-state index contributed by atoms with van der Waals surface area (Å²) in [5, 5.41) is 0.719. The molecule has 0 heterocycles. The van der Waals surface area contributed by atoms with Gasteiger partial charge >= 0.3 is 0 Å². The van der Waals surface area contributed by atoms with E-state index in [9.17, 15) is 4.79 Å². The first-order valence-electron chi connectivity index (χ1n) is 4.35. The van der Waals surface area contributed by atoms with E-state index in [-0.39, 0.29) is 25.9 Å². The predicted molar refractivity (Wildman–Crippen MR) is 65.7 cm³/mol. The molecule has 82 valence electrons. The molecule has 0 aromatic heterocycles. The number of hydrogen-bond acceptors (Lipinski definition) is 1. The molecule has 1 aromatic carbocycles. The molecule has 0 saturated heterocycles. The van der Waals surface area contributed by atoms with Crippen LogP contribution in [-0.4, -0.2) is 5.78 Å². The van der Waals surface area contributed by atoms with Gasteiger partial charge in [-0.2, -0.15) is 0 Å². The van der Waals surface area contributed by atoms with Crippen LogP contribution >= 0.6 is 46.4 Å². The van der Waals surface area contributed by atoms with E-state index >= 15 is 0 Å². The molecule has 0 saturated carbocycles. The van der Waals surface area contributed by atoms with Crippen LogP contribution in [0, 0.1) is 0 Å². The van der Waals surface area contributed by atoms with Crippen molar-refractivity contribution in [2.45, 2.75) is 19.8 Å². The molecule has 0 amide bonds. The molecule has 0 bridgehead atoms. The number of ketones is 1. The predicted octanol–water partition coefficient (Wildman–Crippen LogP) is 5.28. The molecule has 0 aliphatic rings. The van der Waals surface area contributed by atoms with Gasteiger partial charge in [-0.3, -0.25) is 4.79 Å². The highest BCUT2D eigenvalue weighted by molar-refractivity contribution is 6.52. The Labute approximate surface area is 108 Å². The summed E-state index contributed by atoms with van der Waals surface area (Å²) in [5.74, 6) is -0.0806. The van der Waals surface area contributed by atoms with Crippen LogP contribution in [-0.2, 0) is 0 Å². The third-order valence-corrected chi connectivity index (χ3v) is 3.63. The van der Waals surface area contributed by atoms with Crippen molar-refractivity contribution in [1.29, 1.82) is 0 Å². The van der Waals surface area contributed by atoms with Crippen LogP contribution in [0.1, 0.15) is 30.1 Å². The van der Waals surface area contributed by atoms with Gasteiger partial charge in [-0.1, -0.05) is 53.3 Å². The summed E-state index contributed by atoms with van der Waals surface area (Å²) in [7, 11) is 0. The van der Waals surface area contributed by atoms with Crippen molar-refractivity contribution in [3.05, 3.63) is 31.7 Å². The quantitative estimate of drug-likeness (QED) is 0.419. The molecule has 15 heavy (non-hydrogen) atoms. The van der Waals surface area contributed by atoms with Crippen molar-refractivity contribution in [2.24, 2.45) is 0 Å². The van der Waals surface area contributed by atoms with Crippen LogP contribution in [0.25, 0.3) is 0 Å². The van der Waals surface area contributed by atoms with E-state index in [0.29, 0.717) is 12.0 Å². The number of halogens is 4. The van der Waals surface area contributed by atoms with Crippen molar-refractivity contribution < 1.29 is 4.79 Å². The fraction of sp³-hybridized carbons (Fsp3) is 0.300. The van der Waals surface area contributed by atoms with Gasteiger partial charge in [0.15, 0.2) is 5.78 Å². The Bertz CT molecular complexity index is 401. The zero-order valence-corrected chi connectivity index (χ0v) is 10.9. The molecule has 0 radical (unpaired) electrons. The maximum atomic E-state index is 11.6. The number of benzene rings is 1. The first kappa shape index (κ1) is 13.1. The maximum absolute atomic E-state index is 11.6. The lowest BCUT2D eigenvalue weighted by Gasteiger charge is -2.07. The molecule has 1 nitrogen and oxygen atoms in total. The Hall–Kier alpha value is 0.0500. The van der Waals surface area contributed by atoms with E-state index in [4.69, 9.17) is 46.4 Å². The summed E-state index contributed by atoms with van der Waals surface area (Å²) >= 11 is 23.3. The summed E-state index contributed by atoms with van der Waals surface area (Å²) in [6.45, 7) is 1.91. The molecule has 0 fully saturated rings. The van der Waals surface area contributed by atoms with Gasteiger partial charge in [0.05, 0.1) is 20.1 Å². The fourth-order valence-corrected chi connectivity index (χ4v) is 2.04. The number of hydrogen-bond donors (Lipinski definition) is 0. The molecular weight excluding hydrogens is 278 g/mol. The van der Waals surface area contributed by atoms with Crippen molar-refractivity contribution in [3.8, 4) is 0 Å². The molecule has 0 N–H and O–H groups in total. The third-order valence-electron chi connectivity index (χ3n) is 1.88. The molecule has 0 aliphatic carbocycles. The molecule has 0 atom stereocenters. The summed E-state index contributed by atoms with van der Waals surface area (Å²) < 4.78 is 0. The van der Waals surface area contributed by atoms with Crippen molar-refractivity contribution in [1.82, 2.24) is 0 Å². The Morgan fingerprint density at radius 1 is 1.13 bits per heavy atom. The average Bonchev–Trinajstić information content (AvgIpc) is 2.20. The summed E-state index contributed by atoms with van der Waals surface area (Å²) in [5.41, 5.74) is 0.331. The van der Waals surface area contributed by atoms with E-state index in [1.807, 2.05) is 6.92 Å². The molecule has 1 rings (SSSR count). The average molecular weight is 286 g/mol. The van der Waals surface area contributed by atoms with Crippen LogP contribution in [0.4, 0.5) is 0 Å². The SMILES string of the molecule is CCCC(=O)c1cc(Cl)c(Cl)c(Cl)c1Cl. The number of Topliss-reactive ketones (excluding diaryl/α,β-unsaturated/α-hetero) is 1. The van der Waals surface area contributed by atoms with Crippen molar-refractivity contribution in [2.75, 3.05) is 0 Å². The second-order valence-electron chi connectivity index (χ2n) is 3.02. The van der Waals surface area contributed by atoms with Gasteiger partial charge in [0.1, 0.15) is 0 Å². The topological polar surface area (TPSA) is 17.1 Å². The first-order valence-corrected chi connectivity index (χ1v) is 5.86. The zero-order chi connectivity index (χ0) is 11.6. The second-order valence-corrected chi connectivity index (χ2v) is 4.56. The first-order chi connectivity index (χ1) is 6.99. The standard InChI is InChI=1S/C10H8Cl4O/c1-2-3-7(15)5-4-6(11)9(13)10(14)8(5)12/h4H,2-3H2,1H3. The molecule has 0 spiro atoms. The van der Waals surface area contributed by atoms with Crippen LogP contribution in [0.15, 0.2) is 6.07 Å². The van der Waals surface area contributed by atoms with Gasteiger partial charge in [-0.15, -0.1) is 0 Å². The highest BCUT2D eigenvalue weighted by atomic mass is 35.5. The second kappa shape index (κ2) is 5.40. The normalized spacial score (nSPS) is 10.5. The molecular formula is C10H8Cl4O. The highest BCUT2D eigenvalue weighted by Crippen LogP contribution is 2.38. The Morgan fingerprint density at radius 2 is 1.73 bits per heavy atom. The van der Waals surface area contributed by atoms with Crippen LogP contribution in [0.3, 0.4) is 0 Å². The lowest BCUT2D eigenvalue weighted by atomic mass is 10.1. The molecule has 0 unspecified atom stereocenters. The van der Waals surface area contributed by atoms with E-state index in [2.05, 4.69) is 0 Å². The molecule has 0 aliphatic heterocycles. The minimum absolute atomic E-state index is 0.0806. The molecule has 1 aromatic rings. The number of rotatable bonds is 3. The third kappa shape index (κ3) is 2.79. The van der Waals surface area contributed by atoms with Crippen molar-refractivity contribution >= 4 is 52.2 Å². The lowest BCUT2D eigenvalue weighted by molar-refractivity contribution is 0.0982. The largest absolute Gasteiger partial charge is 0.294 e. The highest BCUT2D eigenvalue weighted by Gasteiger charge is 2.17. The molecule has 5 heteroatoms. The monoisotopic (exact) mass is 284 g/mol.